The zero-order valence-corrected chi connectivity index (χ0v) is 25.3. The molecule has 0 aliphatic rings. The van der Waals surface area contributed by atoms with E-state index in [9.17, 15) is 9.59 Å². The lowest BCUT2D eigenvalue weighted by Gasteiger charge is -2.31. The number of carbonyl (C=O) groups excluding carboxylic acids is 2. The molecule has 0 unspecified atom stereocenters. The van der Waals surface area contributed by atoms with E-state index in [4.69, 9.17) is 0 Å². The lowest BCUT2D eigenvalue weighted by atomic mass is 9.87. The monoisotopic (exact) mass is 542 g/mol. The number of rotatable bonds is 10. The Labute approximate surface area is 240 Å². The molecule has 3 rings (SSSR count). The van der Waals surface area contributed by atoms with E-state index in [0.717, 1.165) is 35.3 Å². The van der Waals surface area contributed by atoms with Crippen LogP contribution in [-0.4, -0.2) is 12.1 Å². The highest BCUT2D eigenvalue weighted by Crippen LogP contribution is 2.28. The molecule has 6 heteroatoms. The van der Waals surface area contributed by atoms with Crippen molar-refractivity contribution in [2.75, 3.05) is 10.6 Å². The van der Waals surface area contributed by atoms with Gasteiger partial charge in [0.15, 0.2) is 0 Å². The van der Waals surface area contributed by atoms with Gasteiger partial charge in [-0.05, 0) is 98.9 Å². The number of nitrogens with one attached hydrogen (secondary N) is 4. The molecule has 4 N–H and O–H groups in total. The van der Waals surface area contributed by atoms with Crippen LogP contribution in [0.2, 0.25) is 0 Å². The van der Waals surface area contributed by atoms with Crippen molar-refractivity contribution < 1.29 is 9.59 Å². The number of anilines is 2. The molecule has 214 valence electrons. The first kappa shape index (κ1) is 30.7. The van der Waals surface area contributed by atoms with E-state index in [1.165, 1.54) is 11.1 Å². The van der Waals surface area contributed by atoms with E-state index in [1.54, 1.807) is 0 Å². The van der Waals surface area contributed by atoms with Gasteiger partial charge in [0.2, 0.25) is 0 Å². The summed E-state index contributed by atoms with van der Waals surface area (Å²) in [7, 11) is 0. The lowest BCUT2D eigenvalue weighted by Crippen LogP contribution is -2.45. The summed E-state index contributed by atoms with van der Waals surface area (Å²) in [5.74, 6) is 0.972. The Morgan fingerprint density at radius 2 is 0.975 bits per heavy atom. The number of amides is 4. The number of hydrogen-bond acceptors (Lipinski definition) is 2. The van der Waals surface area contributed by atoms with Crippen molar-refractivity contribution in [3.05, 3.63) is 95.1 Å². The van der Waals surface area contributed by atoms with Crippen LogP contribution in [0.1, 0.15) is 102 Å². The first-order valence-corrected chi connectivity index (χ1v) is 14.3. The van der Waals surface area contributed by atoms with Crippen LogP contribution >= 0.6 is 0 Å². The topological polar surface area (TPSA) is 82.3 Å². The van der Waals surface area contributed by atoms with Crippen molar-refractivity contribution in [1.29, 1.82) is 0 Å². The maximum atomic E-state index is 12.9. The van der Waals surface area contributed by atoms with Crippen LogP contribution in [0.15, 0.2) is 72.8 Å². The minimum absolute atomic E-state index is 0.275. The predicted octanol–water partition coefficient (Wildman–Crippen LogP) is 8.83. The molecule has 0 aromatic heterocycles. The maximum Gasteiger partial charge on any atom is 0.319 e. The zero-order valence-electron chi connectivity index (χ0n) is 25.3. The molecule has 6 nitrogen and oxygen atoms in total. The van der Waals surface area contributed by atoms with Gasteiger partial charge in [-0.2, -0.15) is 0 Å². The summed E-state index contributed by atoms with van der Waals surface area (Å²) in [6.45, 7) is 16.6. The number of urea groups is 2. The molecule has 3 aromatic carbocycles. The highest BCUT2D eigenvalue weighted by atomic mass is 16.2. The minimum atomic E-state index is -0.646. The first-order chi connectivity index (χ1) is 18.8. The summed E-state index contributed by atoms with van der Waals surface area (Å²) < 4.78 is 0. The second kappa shape index (κ2) is 13.0. The van der Waals surface area contributed by atoms with Gasteiger partial charge in [0, 0.05) is 11.4 Å². The lowest BCUT2D eigenvalue weighted by molar-refractivity contribution is 0.241. The molecule has 0 heterocycles. The van der Waals surface area contributed by atoms with E-state index < -0.39 is 11.1 Å². The zero-order chi connectivity index (χ0) is 29.5. The van der Waals surface area contributed by atoms with Gasteiger partial charge in [0.1, 0.15) is 0 Å². The minimum Gasteiger partial charge on any atom is -0.329 e. The highest BCUT2D eigenvalue weighted by molar-refractivity contribution is 5.90. The average Bonchev–Trinajstić information content (AvgIpc) is 2.92. The van der Waals surface area contributed by atoms with E-state index in [2.05, 4.69) is 73.2 Å². The SMILES string of the molecule is CC[C@@H](C)c1ccc(NC(=O)NC(C)(C)c2cccc(C(C)(C)NC(=O)Nc3ccc([C@H](C)CC)cc3)c2)cc1. The van der Waals surface area contributed by atoms with Gasteiger partial charge in [-0.15, -0.1) is 0 Å². The fourth-order valence-electron chi connectivity index (χ4n) is 4.59. The molecule has 0 fully saturated rings. The quantitative estimate of drug-likeness (QED) is 0.206. The van der Waals surface area contributed by atoms with Crippen molar-refractivity contribution >= 4 is 23.4 Å². The smallest absolute Gasteiger partial charge is 0.319 e. The normalized spacial score (nSPS) is 13.2. The van der Waals surface area contributed by atoms with E-state index in [-0.39, 0.29) is 12.1 Å². The van der Waals surface area contributed by atoms with Gasteiger partial charge >= 0.3 is 12.1 Å². The molecular formula is C34H46N4O2. The first-order valence-electron chi connectivity index (χ1n) is 14.3. The van der Waals surface area contributed by atoms with E-state index >= 15 is 0 Å². The van der Waals surface area contributed by atoms with Crippen LogP contribution < -0.4 is 21.3 Å². The molecular weight excluding hydrogens is 496 g/mol. The number of carbonyl (C=O) groups is 2. The van der Waals surface area contributed by atoms with Crippen LogP contribution in [-0.2, 0) is 11.1 Å². The molecule has 0 aliphatic heterocycles. The van der Waals surface area contributed by atoms with Gasteiger partial charge in [0.05, 0.1) is 11.1 Å². The van der Waals surface area contributed by atoms with Gasteiger partial charge in [-0.1, -0.05) is 76.2 Å². The van der Waals surface area contributed by atoms with Crippen LogP contribution in [0.25, 0.3) is 0 Å². The molecule has 0 saturated heterocycles. The molecule has 4 amide bonds. The van der Waals surface area contributed by atoms with Gasteiger partial charge in [0.25, 0.3) is 0 Å². The molecule has 0 bridgehead atoms. The average molecular weight is 543 g/mol. The summed E-state index contributed by atoms with van der Waals surface area (Å²) >= 11 is 0. The van der Waals surface area contributed by atoms with Gasteiger partial charge in [-0.25, -0.2) is 9.59 Å². The third-order valence-corrected chi connectivity index (χ3v) is 7.86. The Bertz CT molecular complexity index is 1180. The fourth-order valence-corrected chi connectivity index (χ4v) is 4.59. The molecule has 0 saturated carbocycles. The van der Waals surface area contributed by atoms with Crippen LogP contribution in [0.3, 0.4) is 0 Å². The number of hydrogen-bond donors (Lipinski definition) is 4. The molecule has 2 atom stereocenters. The summed E-state index contributed by atoms with van der Waals surface area (Å²) in [4.78, 5) is 25.7. The van der Waals surface area contributed by atoms with Crippen LogP contribution in [0.5, 0.6) is 0 Å². The Hall–Kier alpha value is -3.80. The predicted molar refractivity (Wildman–Crippen MR) is 167 cm³/mol. The second-order valence-corrected chi connectivity index (χ2v) is 11.9. The standard InChI is InChI=1S/C34H46N4O2/c1-9-23(3)25-14-18-29(19-15-25)35-31(39)37-33(5,6)27-12-11-13-28(22-27)34(7,8)38-32(40)36-30-20-16-26(17-21-30)24(4)10-2/h11-24H,9-10H2,1-8H3,(H2,35,37,39)(H2,36,38,40)/t23-,24-/m1/s1. The Kier molecular flexibility index (Phi) is 10.0. The molecule has 0 aliphatic carbocycles. The fraction of sp³-hybridized carbons (Fsp3) is 0.412. The van der Waals surface area contributed by atoms with Crippen LogP contribution in [0.4, 0.5) is 21.0 Å². The summed E-state index contributed by atoms with van der Waals surface area (Å²) in [5, 5.41) is 12.1. The molecule has 0 spiro atoms. The summed E-state index contributed by atoms with van der Waals surface area (Å²) in [6, 6.07) is 23.4. The van der Waals surface area contributed by atoms with E-state index in [1.807, 2.05) is 76.2 Å². The van der Waals surface area contributed by atoms with Crippen molar-refractivity contribution in [3.63, 3.8) is 0 Å². The third-order valence-electron chi connectivity index (χ3n) is 7.86. The Morgan fingerprint density at radius 1 is 0.625 bits per heavy atom. The Balaban J connectivity index is 1.64. The summed E-state index contributed by atoms with van der Waals surface area (Å²) in [6.07, 6.45) is 2.15. The maximum absolute atomic E-state index is 12.9. The summed E-state index contributed by atoms with van der Waals surface area (Å²) in [5.41, 5.74) is 4.59. The third kappa shape index (κ3) is 8.10. The molecule has 40 heavy (non-hydrogen) atoms. The number of benzene rings is 3. The molecule has 3 aromatic rings. The van der Waals surface area contributed by atoms with Crippen LogP contribution in [0, 0.1) is 0 Å². The highest BCUT2D eigenvalue weighted by Gasteiger charge is 2.28. The van der Waals surface area contributed by atoms with Crippen molar-refractivity contribution in [2.45, 2.75) is 91.1 Å². The van der Waals surface area contributed by atoms with Crippen molar-refractivity contribution in [1.82, 2.24) is 10.6 Å². The molecule has 0 radical (unpaired) electrons. The van der Waals surface area contributed by atoms with Crippen molar-refractivity contribution in [3.8, 4) is 0 Å². The second-order valence-electron chi connectivity index (χ2n) is 11.9. The van der Waals surface area contributed by atoms with Gasteiger partial charge < -0.3 is 21.3 Å². The van der Waals surface area contributed by atoms with Gasteiger partial charge in [-0.3, -0.25) is 0 Å². The Morgan fingerprint density at radius 3 is 1.30 bits per heavy atom. The van der Waals surface area contributed by atoms with E-state index in [0.29, 0.717) is 11.8 Å². The largest absolute Gasteiger partial charge is 0.329 e. The van der Waals surface area contributed by atoms with Crippen molar-refractivity contribution in [2.24, 2.45) is 0 Å².